The SMILES string of the molecule is C1=CCC(C2NC(C3=C4C=CCCC4C(N4c5cc6ccccc6c(N6c7ccc8c(c7C7C=CC=CC76)CCC=C8)c5C5C=CC=CC54)C=C3)=[NH+]C(C3=CC=CC4C=CC=CC34)N2)C=C1. The summed E-state index contributed by atoms with van der Waals surface area (Å²) in [5.41, 5.74) is 14.2. The maximum absolute atomic E-state index is 4.08. The Morgan fingerprint density at radius 3 is 2.35 bits per heavy atom. The molecule has 0 amide bonds. The zero-order chi connectivity index (χ0) is 43.3. The first-order chi connectivity index (χ1) is 32.8. The van der Waals surface area contributed by atoms with Gasteiger partial charge >= 0.3 is 0 Å². The fraction of sp³-hybridized carbons (Fsp3) is 0.262. The Morgan fingerprint density at radius 1 is 0.636 bits per heavy atom. The first kappa shape index (κ1) is 38.6. The molecule has 3 heterocycles. The van der Waals surface area contributed by atoms with Crippen molar-refractivity contribution in [1.29, 1.82) is 0 Å². The molecule has 0 saturated heterocycles. The van der Waals surface area contributed by atoms with Crippen molar-refractivity contribution in [2.24, 2.45) is 23.7 Å². The van der Waals surface area contributed by atoms with E-state index in [1.54, 1.807) is 0 Å². The number of hydrogen-bond donors (Lipinski definition) is 3. The second kappa shape index (κ2) is 15.5. The fourth-order valence-corrected chi connectivity index (χ4v) is 13.6. The first-order valence-corrected chi connectivity index (χ1v) is 24.7. The van der Waals surface area contributed by atoms with E-state index in [2.05, 4.69) is 220 Å². The highest BCUT2D eigenvalue weighted by Gasteiger charge is 2.49. The summed E-state index contributed by atoms with van der Waals surface area (Å²) in [4.78, 5) is 9.69. The summed E-state index contributed by atoms with van der Waals surface area (Å²) in [5, 5.41) is 10.8. The summed E-state index contributed by atoms with van der Waals surface area (Å²) in [5.74, 6) is 3.05. The van der Waals surface area contributed by atoms with E-state index in [1.807, 2.05) is 0 Å². The number of benzene rings is 3. The molecule has 11 aliphatic rings. The minimum absolute atomic E-state index is 0.00624. The topological polar surface area (TPSA) is 44.5 Å². The number of hydrogen-bond acceptors (Lipinski definition) is 4. The van der Waals surface area contributed by atoms with Gasteiger partial charge in [-0.15, -0.1) is 0 Å². The lowest BCUT2D eigenvalue weighted by Gasteiger charge is -2.43. The molecule has 3 aromatic rings. The van der Waals surface area contributed by atoms with Crippen molar-refractivity contribution in [3.05, 3.63) is 227 Å². The second-order valence-corrected chi connectivity index (χ2v) is 19.9. The van der Waals surface area contributed by atoms with E-state index in [9.17, 15) is 0 Å². The highest BCUT2D eigenvalue weighted by atomic mass is 15.3. The molecular weight excluding hydrogens is 803 g/mol. The van der Waals surface area contributed by atoms with Gasteiger partial charge in [-0.25, -0.2) is 5.32 Å². The Hall–Kier alpha value is -6.69. The molecule has 11 atom stereocenters. The van der Waals surface area contributed by atoms with Gasteiger partial charge in [-0.1, -0.05) is 176 Å². The van der Waals surface area contributed by atoms with Crippen molar-refractivity contribution in [1.82, 2.24) is 10.6 Å². The molecule has 0 aromatic heterocycles. The van der Waals surface area contributed by atoms with E-state index in [0.717, 1.165) is 37.9 Å². The Kier molecular flexibility index (Phi) is 9.03. The summed E-state index contributed by atoms with van der Waals surface area (Å²) in [6.07, 6.45) is 64.4. The van der Waals surface area contributed by atoms with Crippen LogP contribution in [0.25, 0.3) is 16.8 Å². The van der Waals surface area contributed by atoms with Crippen LogP contribution < -0.4 is 25.4 Å². The van der Waals surface area contributed by atoms with E-state index in [4.69, 9.17) is 0 Å². The van der Waals surface area contributed by atoms with E-state index < -0.39 is 0 Å². The van der Waals surface area contributed by atoms with E-state index >= 15 is 0 Å². The predicted octanol–water partition coefficient (Wildman–Crippen LogP) is 10.4. The standard InChI is InChI=1S/C61H55N5/c1-2-19-40(20-3-1)59-62-60(47-30-16-22-38-17-4-7-23-42(38)47)64-61(63-59)48-34-36-53(46-27-11-10-26-45(46)48)65-51-31-14-13-29-50(51)57-55(65)37-41-21-6-9-25-44(41)58(57)66-52-32-15-12-28-49(52)56-43-24-8-5-18-39(43)33-35-54(56)66/h1-7,9-10,12-19,21-23,25-26,28-38,40,42,46,49-53,59-60,62H,8,11,20,24,27H2,(H,63,64)/p+1. The zero-order valence-corrected chi connectivity index (χ0v) is 37.3. The molecule has 3 N–H and O–H groups in total. The van der Waals surface area contributed by atoms with Crippen molar-refractivity contribution < 1.29 is 4.99 Å². The van der Waals surface area contributed by atoms with Gasteiger partial charge < -0.3 is 9.80 Å². The van der Waals surface area contributed by atoms with Crippen LogP contribution in [0.1, 0.15) is 59.8 Å². The van der Waals surface area contributed by atoms with Crippen molar-refractivity contribution in [2.45, 2.75) is 74.4 Å². The molecule has 0 radical (unpaired) electrons. The normalized spacial score (nSPS) is 33.3. The predicted molar refractivity (Wildman–Crippen MR) is 272 cm³/mol. The van der Waals surface area contributed by atoms with Gasteiger partial charge in [0.1, 0.15) is 0 Å². The number of amidine groups is 1. The van der Waals surface area contributed by atoms with Crippen LogP contribution in [0.2, 0.25) is 0 Å². The van der Waals surface area contributed by atoms with E-state index in [1.165, 1.54) is 66.8 Å². The number of fused-ring (bicyclic) bond motifs is 11. The monoisotopic (exact) mass is 858 g/mol. The van der Waals surface area contributed by atoms with Crippen LogP contribution in [0.3, 0.4) is 0 Å². The summed E-state index contributed by atoms with van der Waals surface area (Å²) < 4.78 is 0. The van der Waals surface area contributed by atoms with Gasteiger partial charge in [0, 0.05) is 57.8 Å². The van der Waals surface area contributed by atoms with Gasteiger partial charge in [-0.2, -0.15) is 0 Å². The van der Waals surface area contributed by atoms with Crippen LogP contribution in [-0.4, -0.2) is 36.3 Å². The Labute approximate surface area is 388 Å². The second-order valence-electron chi connectivity index (χ2n) is 19.9. The third kappa shape index (κ3) is 5.91. The molecule has 3 aliphatic heterocycles. The van der Waals surface area contributed by atoms with Gasteiger partial charge in [0.15, 0.2) is 12.3 Å². The van der Waals surface area contributed by atoms with Crippen molar-refractivity contribution in [2.75, 3.05) is 9.80 Å². The number of allylic oxidation sites excluding steroid dienone is 17. The molecule has 0 spiro atoms. The van der Waals surface area contributed by atoms with Crippen molar-refractivity contribution >= 4 is 39.7 Å². The van der Waals surface area contributed by atoms with Crippen LogP contribution in [0.5, 0.6) is 0 Å². The lowest BCUT2D eigenvalue weighted by atomic mass is 9.76. The van der Waals surface area contributed by atoms with Crippen LogP contribution in [0.15, 0.2) is 205 Å². The van der Waals surface area contributed by atoms with Crippen LogP contribution in [0, 0.1) is 23.7 Å². The summed E-state index contributed by atoms with van der Waals surface area (Å²) >= 11 is 0. The quantitative estimate of drug-likeness (QED) is 0.239. The molecule has 5 heteroatoms. The van der Waals surface area contributed by atoms with Gasteiger partial charge in [0.25, 0.3) is 5.84 Å². The summed E-state index contributed by atoms with van der Waals surface area (Å²) in [7, 11) is 0. The molecule has 3 aromatic carbocycles. The zero-order valence-electron chi connectivity index (χ0n) is 37.3. The Morgan fingerprint density at radius 2 is 1.44 bits per heavy atom. The highest BCUT2D eigenvalue weighted by molar-refractivity contribution is 6.05. The summed E-state index contributed by atoms with van der Waals surface area (Å²) in [6.45, 7) is 0. The molecule has 0 fully saturated rings. The number of nitrogens with zero attached hydrogens (tertiary/aromatic N) is 2. The van der Waals surface area contributed by atoms with E-state index in [0.29, 0.717) is 29.6 Å². The third-order valence-corrected chi connectivity index (χ3v) is 16.6. The fourth-order valence-electron chi connectivity index (χ4n) is 13.6. The maximum atomic E-state index is 4.08. The molecule has 66 heavy (non-hydrogen) atoms. The number of anilines is 3. The highest BCUT2D eigenvalue weighted by Crippen LogP contribution is 2.59. The average Bonchev–Trinajstić information content (AvgIpc) is 3.90. The molecule has 11 unspecified atom stereocenters. The molecule has 14 rings (SSSR count). The summed E-state index contributed by atoms with van der Waals surface area (Å²) in [6, 6.07) is 17.2. The van der Waals surface area contributed by atoms with Gasteiger partial charge in [0.05, 0.1) is 29.4 Å². The smallest absolute Gasteiger partial charge is 0.278 e. The van der Waals surface area contributed by atoms with Crippen molar-refractivity contribution in [3.8, 4) is 0 Å². The molecule has 0 saturated carbocycles. The van der Waals surface area contributed by atoms with E-state index in [-0.39, 0.29) is 36.4 Å². The Bertz CT molecular complexity index is 3060. The largest absolute Gasteiger partial charge is 0.357 e. The molecule has 8 aliphatic carbocycles. The van der Waals surface area contributed by atoms with Gasteiger partial charge in [-0.3, -0.25) is 10.3 Å². The number of rotatable bonds is 5. The number of nitrogens with one attached hydrogen (secondary N) is 3. The minimum Gasteiger partial charge on any atom is -0.357 e. The molecule has 324 valence electrons. The van der Waals surface area contributed by atoms with Crippen LogP contribution >= 0.6 is 0 Å². The lowest BCUT2D eigenvalue weighted by molar-refractivity contribution is -0.510. The van der Waals surface area contributed by atoms with Crippen LogP contribution in [0.4, 0.5) is 17.1 Å². The molecule has 5 nitrogen and oxygen atoms in total. The first-order valence-electron chi connectivity index (χ1n) is 24.7. The maximum Gasteiger partial charge on any atom is 0.278 e. The van der Waals surface area contributed by atoms with Crippen LogP contribution in [-0.2, 0) is 6.42 Å². The third-order valence-electron chi connectivity index (χ3n) is 16.6. The minimum atomic E-state index is -0.00624. The van der Waals surface area contributed by atoms with Crippen molar-refractivity contribution in [3.63, 3.8) is 0 Å². The Balaban J connectivity index is 0.899. The lowest BCUT2D eigenvalue weighted by Crippen LogP contribution is -2.92. The average molecular weight is 859 g/mol. The molecule has 0 bridgehead atoms. The van der Waals surface area contributed by atoms with Gasteiger partial charge in [0.2, 0.25) is 0 Å². The molecular formula is C61H56N5+. The van der Waals surface area contributed by atoms with Gasteiger partial charge in [-0.05, 0) is 83.5 Å².